The lowest BCUT2D eigenvalue weighted by molar-refractivity contribution is -0.150. The molecule has 1 N–H and O–H groups in total. The van der Waals surface area contributed by atoms with Gasteiger partial charge in [0.05, 0.1) is 29.4 Å². The number of carbonyl (C=O) groups excluding carboxylic acids is 2. The van der Waals surface area contributed by atoms with E-state index in [1.165, 1.54) is 0 Å². The van der Waals surface area contributed by atoms with Crippen molar-refractivity contribution >= 4 is 40.8 Å². The fourth-order valence-electron chi connectivity index (χ4n) is 2.92. The highest BCUT2D eigenvalue weighted by Gasteiger charge is 2.18. The molecule has 0 spiro atoms. The molecule has 0 bridgehead atoms. The first kappa shape index (κ1) is 22.1. The van der Waals surface area contributed by atoms with Crippen LogP contribution in [0.2, 0.25) is 10.0 Å². The second-order valence-corrected chi connectivity index (χ2v) is 7.32. The van der Waals surface area contributed by atoms with E-state index in [-0.39, 0.29) is 18.8 Å². The van der Waals surface area contributed by atoms with Crippen LogP contribution in [0.3, 0.4) is 0 Å². The van der Waals surface area contributed by atoms with Gasteiger partial charge in [0.1, 0.15) is 5.65 Å². The Hall–Kier alpha value is -2.61. The van der Waals surface area contributed by atoms with Gasteiger partial charge in [0.2, 0.25) is 0 Å². The fraction of sp³-hybridized carbons (Fsp3) is 0.286. The highest BCUT2D eigenvalue weighted by atomic mass is 35.5. The third-order valence-corrected chi connectivity index (χ3v) is 4.74. The molecular weight excluding hydrogens is 429 g/mol. The largest absolute Gasteiger partial charge is 0.466 e. The Bertz CT molecular complexity index is 1030. The van der Waals surface area contributed by atoms with Gasteiger partial charge >= 0.3 is 11.9 Å². The molecule has 0 unspecified atom stereocenters. The van der Waals surface area contributed by atoms with Gasteiger partial charge in [0.15, 0.2) is 0 Å². The van der Waals surface area contributed by atoms with Crippen LogP contribution >= 0.6 is 23.2 Å². The minimum absolute atomic E-state index is 0.0235. The lowest BCUT2D eigenvalue weighted by atomic mass is 10.1. The molecule has 0 atom stereocenters. The number of benzene rings is 1. The molecule has 9 heteroatoms. The first-order valence-corrected chi connectivity index (χ1v) is 10.2. The molecule has 0 saturated carbocycles. The van der Waals surface area contributed by atoms with Crippen molar-refractivity contribution in [3.05, 3.63) is 58.3 Å². The number of nitrogens with one attached hydrogen (secondary N) is 1. The predicted octanol–water partition coefficient (Wildman–Crippen LogP) is 4.24. The standard InChI is InChI=1S/C21H21Cl2N3O4/c1-2-29-19(27)4-3-11-24-30-20(28)12-17-21(14-5-7-15(22)8-6-14)25-18-10-9-16(23)13-26(17)18/h5-10,13,24H,2-4,11-12H2,1H3. The SMILES string of the molecule is CCOC(=O)CCCNOC(=O)Cc1c(-c2ccc(Cl)cc2)nc2ccc(Cl)cn12. The number of hydrogen-bond donors (Lipinski definition) is 1. The average molecular weight is 450 g/mol. The van der Waals surface area contributed by atoms with Gasteiger partial charge in [0.25, 0.3) is 0 Å². The van der Waals surface area contributed by atoms with E-state index >= 15 is 0 Å². The van der Waals surface area contributed by atoms with E-state index in [0.29, 0.717) is 46.7 Å². The van der Waals surface area contributed by atoms with E-state index in [9.17, 15) is 9.59 Å². The van der Waals surface area contributed by atoms with E-state index < -0.39 is 5.97 Å². The molecule has 158 valence electrons. The summed E-state index contributed by atoms with van der Waals surface area (Å²) < 4.78 is 6.62. The number of halogens is 2. The van der Waals surface area contributed by atoms with Gasteiger partial charge in [0, 0.05) is 29.7 Å². The summed E-state index contributed by atoms with van der Waals surface area (Å²) in [5, 5.41) is 1.13. The summed E-state index contributed by atoms with van der Waals surface area (Å²) in [6.07, 6.45) is 2.43. The lowest BCUT2D eigenvalue weighted by Crippen LogP contribution is -2.23. The molecule has 0 amide bonds. The normalized spacial score (nSPS) is 10.9. The van der Waals surface area contributed by atoms with Gasteiger partial charge in [-0.15, -0.1) is 0 Å². The molecule has 0 radical (unpaired) electrons. The number of hydroxylamine groups is 1. The number of pyridine rings is 1. The molecule has 30 heavy (non-hydrogen) atoms. The number of esters is 1. The second kappa shape index (κ2) is 10.4. The van der Waals surface area contributed by atoms with E-state index in [0.717, 1.165) is 5.56 Å². The number of rotatable bonds is 9. The molecule has 0 aliphatic heterocycles. The van der Waals surface area contributed by atoms with E-state index in [2.05, 4.69) is 10.5 Å². The lowest BCUT2D eigenvalue weighted by Gasteiger charge is -2.08. The van der Waals surface area contributed by atoms with E-state index in [4.69, 9.17) is 32.8 Å². The Labute approximate surface area is 183 Å². The molecule has 1 aromatic carbocycles. The monoisotopic (exact) mass is 449 g/mol. The van der Waals surface area contributed by atoms with Gasteiger partial charge in [-0.2, -0.15) is 5.48 Å². The van der Waals surface area contributed by atoms with Crippen LogP contribution in [0.15, 0.2) is 42.6 Å². The van der Waals surface area contributed by atoms with Crippen LogP contribution in [0.25, 0.3) is 16.9 Å². The Morgan fingerprint density at radius 3 is 2.53 bits per heavy atom. The molecular formula is C21H21Cl2N3O4. The van der Waals surface area contributed by atoms with Crippen LogP contribution in [0, 0.1) is 0 Å². The van der Waals surface area contributed by atoms with Crippen LogP contribution in [-0.4, -0.2) is 34.5 Å². The zero-order valence-corrected chi connectivity index (χ0v) is 17.9. The van der Waals surface area contributed by atoms with Crippen LogP contribution in [0.4, 0.5) is 0 Å². The van der Waals surface area contributed by atoms with Crippen LogP contribution < -0.4 is 5.48 Å². The maximum Gasteiger partial charge on any atom is 0.330 e. The highest BCUT2D eigenvalue weighted by Crippen LogP contribution is 2.27. The van der Waals surface area contributed by atoms with Gasteiger partial charge in [-0.05, 0) is 37.6 Å². The molecule has 3 aromatic rings. The van der Waals surface area contributed by atoms with Crippen molar-refractivity contribution in [3.8, 4) is 11.3 Å². The van der Waals surface area contributed by atoms with Crippen LogP contribution in [0.5, 0.6) is 0 Å². The first-order chi connectivity index (χ1) is 14.5. The number of imidazole rings is 1. The number of ether oxygens (including phenoxy) is 1. The quantitative estimate of drug-likeness (QED) is 0.298. The summed E-state index contributed by atoms with van der Waals surface area (Å²) in [5.41, 5.74) is 5.37. The zero-order valence-electron chi connectivity index (χ0n) is 16.4. The van der Waals surface area contributed by atoms with Crippen molar-refractivity contribution in [2.75, 3.05) is 13.2 Å². The summed E-state index contributed by atoms with van der Waals surface area (Å²) in [5.74, 6) is -0.760. The summed E-state index contributed by atoms with van der Waals surface area (Å²) in [7, 11) is 0. The molecule has 0 saturated heterocycles. The Morgan fingerprint density at radius 2 is 1.80 bits per heavy atom. The maximum atomic E-state index is 12.4. The van der Waals surface area contributed by atoms with Gasteiger partial charge < -0.3 is 14.0 Å². The van der Waals surface area contributed by atoms with Crippen molar-refractivity contribution in [1.29, 1.82) is 0 Å². The summed E-state index contributed by atoms with van der Waals surface area (Å²) >= 11 is 12.1. The second-order valence-electron chi connectivity index (χ2n) is 6.44. The Kier molecular flexibility index (Phi) is 7.68. The van der Waals surface area contributed by atoms with E-state index in [1.54, 1.807) is 41.8 Å². The van der Waals surface area contributed by atoms with Crippen molar-refractivity contribution in [2.45, 2.75) is 26.2 Å². The third-order valence-electron chi connectivity index (χ3n) is 4.26. The molecule has 2 heterocycles. The van der Waals surface area contributed by atoms with Crippen molar-refractivity contribution in [2.24, 2.45) is 0 Å². The number of aromatic nitrogens is 2. The zero-order chi connectivity index (χ0) is 21.5. The third kappa shape index (κ3) is 5.72. The minimum Gasteiger partial charge on any atom is -0.466 e. The van der Waals surface area contributed by atoms with Gasteiger partial charge in [-0.3, -0.25) is 4.79 Å². The Balaban J connectivity index is 1.70. The highest BCUT2D eigenvalue weighted by molar-refractivity contribution is 6.30. The summed E-state index contributed by atoms with van der Waals surface area (Å²) in [6.45, 7) is 2.44. The smallest absolute Gasteiger partial charge is 0.330 e. The molecule has 0 aliphatic rings. The van der Waals surface area contributed by atoms with Crippen LogP contribution in [0.1, 0.15) is 25.5 Å². The number of hydrogen-bond acceptors (Lipinski definition) is 6. The number of carbonyl (C=O) groups is 2. The van der Waals surface area contributed by atoms with Crippen molar-refractivity contribution in [3.63, 3.8) is 0 Å². The van der Waals surface area contributed by atoms with Crippen molar-refractivity contribution in [1.82, 2.24) is 14.9 Å². The first-order valence-electron chi connectivity index (χ1n) is 9.48. The fourth-order valence-corrected chi connectivity index (χ4v) is 3.20. The predicted molar refractivity (Wildman–Crippen MR) is 114 cm³/mol. The minimum atomic E-state index is -0.483. The molecule has 3 rings (SSSR count). The number of nitrogens with zero attached hydrogens (tertiary/aromatic N) is 2. The molecule has 0 fully saturated rings. The van der Waals surface area contributed by atoms with Crippen molar-refractivity contribution < 1.29 is 19.2 Å². The molecule has 0 aliphatic carbocycles. The van der Waals surface area contributed by atoms with E-state index in [1.807, 2.05) is 12.1 Å². The van der Waals surface area contributed by atoms with Gasteiger partial charge in [-0.1, -0.05) is 35.3 Å². The molecule has 2 aromatic heterocycles. The maximum absolute atomic E-state index is 12.4. The summed E-state index contributed by atoms with van der Waals surface area (Å²) in [6, 6.07) is 10.7. The number of fused-ring (bicyclic) bond motifs is 1. The Morgan fingerprint density at radius 1 is 1.07 bits per heavy atom. The summed E-state index contributed by atoms with van der Waals surface area (Å²) in [4.78, 5) is 33.5. The average Bonchev–Trinajstić information content (AvgIpc) is 3.06. The van der Waals surface area contributed by atoms with Crippen LogP contribution in [-0.2, 0) is 25.6 Å². The topological polar surface area (TPSA) is 81.9 Å². The molecule has 7 nitrogen and oxygen atoms in total. The van der Waals surface area contributed by atoms with Gasteiger partial charge in [-0.25, -0.2) is 9.78 Å².